The van der Waals surface area contributed by atoms with Crippen molar-refractivity contribution in [2.24, 2.45) is 0 Å². The van der Waals surface area contributed by atoms with Gasteiger partial charge in [-0.1, -0.05) is 26.0 Å². The first-order chi connectivity index (χ1) is 9.70. The van der Waals surface area contributed by atoms with Gasteiger partial charge >= 0.3 is 0 Å². The van der Waals surface area contributed by atoms with Crippen LogP contribution in [0.15, 0.2) is 24.3 Å². The molecule has 2 rings (SSSR count). The van der Waals surface area contributed by atoms with E-state index in [1.165, 1.54) is 27.1 Å². The van der Waals surface area contributed by atoms with Gasteiger partial charge in [0.25, 0.3) is 0 Å². The zero-order valence-electron chi connectivity index (χ0n) is 12.3. The summed E-state index contributed by atoms with van der Waals surface area (Å²) in [5.41, 5.74) is 1.46. The van der Waals surface area contributed by atoms with Gasteiger partial charge in [0.05, 0.1) is 0 Å². The zero-order valence-corrected chi connectivity index (χ0v) is 16.1. The highest BCUT2D eigenvalue weighted by molar-refractivity contribution is 14.1. The van der Waals surface area contributed by atoms with Crippen molar-refractivity contribution in [2.75, 3.05) is 18.1 Å². The van der Waals surface area contributed by atoms with Crippen molar-refractivity contribution in [2.45, 2.75) is 43.2 Å². The summed E-state index contributed by atoms with van der Waals surface area (Å²) in [5.74, 6) is 2.61. The van der Waals surface area contributed by atoms with Crippen molar-refractivity contribution in [3.05, 3.63) is 33.4 Å². The Labute approximate surface area is 145 Å². The van der Waals surface area contributed by atoms with Crippen molar-refractivity contribution in [3.63, 3.8) is 0 Å². The number of nitrogens with one attached hydrogen (secondary N) is 1. The predicted molar refractivity (Wildman–Crippen MR) is 103 cm³/mol. The minimum absolute atomic E-state index is 0.600. The Kier molecular flexibility index (Phi) is 7.56. The van der Waals surface area contributed by atoms with E-state index in [0.717, 1.165) is 23.5 Å². The molecule has 1 fully saturated rings. The summed E-state index contributed by atoms with van der Waals surface area (Å²) in [5, 5.41) is 5.29. The smallest absolute Gasteiger partial charge is 0.0320 e. The highest BCUT2D eigenvalue weighted by Crippen LogP contribution is 2.34. The third-order valence-electron chi connectivity index (χ3n) is 3.66. The average molecular weight is 421 g/mol. The second-order valence-corrected chi connectivity index (χ2v) is 9.32. The van der Waals surface area contributed by atoms with Crippen LogP contribution in [0.3, 0.4) is 0 Å². The summed E-state index contributed by atoms with van der Waals surface area (Å²) in [6.45, 7) is 5.78. The Morgan fingerprint density at radius 2 is 1.95 bits per heavy atom. The molecule has 1 N–H and O–H groups in total. The molecule has 1 aliphatic rings. The second kappa shape index (κ2) is 8.91. The number of rotatable bonds is 6. The normalized spacial score (nSPS) is 24.6. The Morgan fingerprint density at radius 3 is 2.60 bits per heavy atom. The summed E-state index contributed by atoms with van der Waals surface area (Å²) >= 11 is 6.68. The Morgan fingerprint density at radius 1 is 1.25 bits per heavy atom. The molecule has 0 aliphatic carbocycles. The van der Waals surface area contributed by atoms with E-state index in [-0.39, 0.29) is 0 Å². The Hall–Kier alpha value is 0.610. The molecule has 1 saturated heterocycles. The van der Waals surface area contributed by atoms with Gasteiger partial charge in [0.15, 0.2) is 0 Å². The third-order valence-corrected chi connectivity index (χ3v) is 7.63. The molecule has 0 radical (unpaired) electrons. The SMILES string of the molecule is CCCNC(Cc1ccc(I)cc1)C1SCCSC1C. The van der Waals surface area contributed by atoms with Gasteiger partial charge in [-0.05, 0) is 59.7 Å². The van der Waals surface area contributed by atoms with E-state index in [2.05, 4.69) is 89.5 Å². The third kappa shape index (κ3) is 5.11. The Bertz CT molecular complexity index is 396. The molecular formula is C16H24INS2. The van der Waals surface area contributed by atoms with Crippen LogP contribution in [0.4, 0.5) is 0 Å². The van der Waals surface area contributed by atoms with E-state index >= 15 is 0 Å². The molecular weight excluding hydrogens is 397 g/mol. The van der Waals surface area contributed by atoms with Gasteiger partial charge in [0.2, 0.25) is 0 Å². The number of hydrogen-bond donors (Lipinski definition) is 1. The van der Waals surface area contributed by atoms with Gasteiger partial charge < -0.3 is 5.32 Å². The molecule has 1 aromatic carbocycles. The monoisotopic (exact) mass is 421 g/mol. The first kappa shape index (κ1) is 17.0. The molecule has 0 amide bonds. The van der Waals surface area contributed by atoms with E-state index in [1.54, 1.807) is 0 Å². The molecule has 1 nitrogen and oxygen atoms in total. The van der Waals surface area contributed by atoms with Crippen LogP contribution in [0.5, 0.6) is 0 Å². The second-order valence-electron chi connectivity index (χ2n) is 5.30. The number of hydrogen-bond acceptors (Lipinski definition) is 3. The largest absolute Gasteiger partial charge is 0.313 e. The maximum atomic E-state index is 3.80. The van der Waals surface area contributed by atoms with Crippen molar-refractivity contribution in [1.82, 2.24) is 5.32 Å². The summed E-state index contributed by atoms with van der Waals surface area (Å²) in [7, 11) is 0. The van der Waals surface area contributed by atoms with Crippen LogP contribution < -0.4 is 5.32 Å². The maximum Gasteiger partial charge on any atom is 0.0320 e. The van der Waals surface area contributed by atoms with Gasteiger partial charge in [0.1, 0.15) is 0 Å². The molecule has 1 heterocycles. The van der Waals surface area contributed by atoms with Crippen LogP contribution in [0, 0.1) is 3.57 Å². The zero-order chi connectivity index (χ0) is 14.4. The molecule has 112 valence electrons. The first-order valence-corrected chi connectivity index (χ1v) is 10.6. The quantitative estimate of drug-likeness (QED) is 0.683. The molecule has 3 atom stereocenters. The van der Waals surface area contributed by atoms with E-state index in [0.29, 0.717) is 6.04 Å². The highest BCUT2D eigenvalue weighted by atomic mass is 127. The predicted octanol–water partition coefficient (Wildman–Crippen LogP) is 4.44. The van der Waals surface area contributed by atoms with Gasteiger partial charge in [-0.15, -0.1) is 0 Å². The van der Waals surface area contributed by atoms with Crippen LogP contribution in [-0.4, -0.2) is 34.6 Å². The van der Waals surface area contributed by atoms with Crippen LogP contribution >= 0.6 is 46.1 Å². The fourth-order valence-corrected chi connectivity index (χ4v) is 5.92. The number of thioether (sulfide) groups is 2. The molecule has 0 bridgehead atoms. The summed E-state index contributed by atoms with van der Waals surface area (Å²) in [6.07, 6.45) is 2.36. The van der Waals surface area contributed by atoms with Gasteiger partial charge in [0, 0.05) is 31.6 Å². The van der Waals surface area contributed by atoms with E-state index in [9.17, 15) is 0 Å². The maximum absolute atomic E-state index is 3.80. The molecule has 1 aliphatic heterocycles. The van der Waals surface area contributed by atoms with Crippen LogP contribution in [-0.2, 0) is 6.42 Å². The van der Waals surface area contributed by atoms with E-state index in [1.807, 2.05) is 0 Å². The summed E-state index contributed by atoms with van der Waals surface area (Å²) in [4.78, 5) is 0. The molecule has 1 aromatic rings. The topological polar surface area (TPSA) is 12.0 Å². The number of benzene rings is 1. The fraction of sp³-hybridized carbons (Fsp3) is 0.625. The summed E-state index contributed by atoms with van der Waals surface area (Å²) < 4.78 is 1.32. The molecule has 0 saturated carbocycles. The van der Waals surface area contributed by atoms with Crippen molar-refractivity contribution in [1.29, 1.82) is 0 Å². The molecule has 0 spiro atoms. The minimum Gasteiger partial charge on any atom is -0.313 e. The Balaban J connectivity index is 2.03. The van der Waals surface area contributed by atoms with Crippen molar-refractivity contribution < 1.29 is 0 Å². The number of halogens is 1. The lowest BCUT2D eigenvalue weighted by molar-refractivity contribution is 0.486. The van der Waals surface area contributed by atoms with Crippen molar-refractivity contribution >= 4 is 46.1 Å². The van der Waals surface area contributed by atoms with Crippen molar-refractivity contribution in [3.8, 4) is 0 Å². The summed E-state index contributed by atoms with van der Waals surface area (Å²) in [6, 6.07) is 9.61. The molecule has 3 unspecified atom stereocenters. The first-order valence-electron chi connectivity index (χ1n) is 7.41. The van der Waals surface area contributed by atoms with Crippen LogP contribution in [0.1, 0.15) is 25.8 Å². The standard InChI is InChI=1S/C16H24INS2/c1-3-8-18-15(16-12(2)19-9-10-20-16)11-13-4-6-14(17)7-5-13/h4-7,12,15-16,18H,3,8-11H2,1-2H3. The molecule has 20 heavy (non-hydrogen) atoms. The van der Waals surface area contributed by atoms with E-state index in [4.69, 9.17) is 0 Å². The molecule has 4 heteroatoms. The fourth-order valence-electron chi connectivity index (χ4n) is 2.60. The lowest BCUT2D eigenvalue weighted by Crippen LogP contribution is -2.46. The van der Waals surface area contributed by atoms with Gasteiger partial charge in [-0.3, -0.25) is 0 Å². The lowest BCUT2D eigenvalue weighted by Gasteiger charge is -2.35. The molecule has 0 aromatic heterocycles. The van der Waals surface area contributed by atoms with E-state index < -0.39 is 0 Å². The lowest BCUT2D eigenvalue weighted by atomic mass is 10.0. The highest BCUT2D eigenvalue weighted by Gasteiger charge is 2.29. The van der Waals surface area contributed by atoms with Crippen LogP contribution in [0.25, 0.3) is 0 Å². The van der Waals surface area contributed by atoms with Gasteiger partial charge in [-0.25, -0.2) is 0 Å². The van der Waals surface area contributed by atoms with Crippen LogP contribution in [0.2, 0.25) is 0 Å². The average Bonchev–Trinajstić information content (AvgIpc) is 2.46. The van der Waals surface area contributed by atoms with Gasteiger partial charge in [-0.2, -0.15) is 23.5 Å². The minimum atomic E-state index is 0.600.